The highest BCUT2D eigenvalue weighted by Gasteiger charge is 2.53. The van der Waals surface area contributed by atoms with Gasteiger partial charge in [0.25, 0.3) is 0 Å². The highest BCUT2D eigenvalue weighted by molar-refractivity contribution is 7.89. The fourth-order valence-electron chi connectivity index (χ4n) is 5.54. The van der Waals surface area contributed by atoms with Gasteiger partial charge in [-0.1, -0.05) is 26.8 Å². The van der Waals surface area contributed by atoms with Crippen LogP contribution in [0.3, 0.4) is 0 Å². The zero-order chi connectivity index (χ0) is 24.0. The molecule has 2 atom stereocenters. The van der Waals surface area contributed by atoms with Crippen LogP contribution >= 0.6 is 0 Å². The summed E-state index contributed by atoms with van der Waals surface area (Å²) in [6.45, 7) is 6.44. The topological polar surface area (TPSA) is 80.8 Å². The molecule has 2 aliphatic rings. The molecular weight excluding hydrogens is 445 g/mol. The number of esters is 1. The van der Waals surface area contributed by atoms with Gasteiger partial charge in [-0.15, -0.1) is 0 Å². The molecule has 2 fully saturated rings. The Bertz CT molecular complexity index is 1190. The van der Waals surface area contributed by atoms with Gasteiger partial charge >= 0.3 is 5.97 Å². The van der Waals surface area contributed by atoms with Gasteiger partial charge < -0.3 is 4.74 Å². The van der Waals surface area contributed by atoms with Crippen molar-refractivity contribution in [3.05, 3.63) is 65.5 Å². The molecule has 2 aromatic carbocycles. The lowest BCUT2D eigenvalue weighted by molar-refractivity contribution is 0.0474. The number of benzene rings is 2. The lowest BCUT2D eigenvalue weighted by Gasteiger charge is -2.39. The van der Waals surface area contributed by atoms with Crippen molar-refractivity contribution in [3.8, 4) is 0 Å². The molecule has 0 unspecified atom stereocenters. The monoisotopic (exact) mass is 473 g/mol. The van der Waals surface area contributed by atoms with Crippen molar-refractivity contribution in [2.75, 3.05) is 13.2 Å². The Balaban J connectivity index is 1.48. The third-order valence-electron chi connectivity index (χ3n) is 6.54. The molecule has 176 valence electrons. The third-order valence-corrected chi connectivity index (χ3v) is 8.44. The van der Waals surface area contributed by atoms with Gasteiger partial charge in [0.05, 0.1) is 10.5 Å². The minimum Gasteiger partial charge on any atom is -0.454 e. The summed E-state index contributed by atoms with van der Waals surface area (Å²) in [5, 5.41) is 0. The molecule has 4 rings (SSSR count). The van der Waals surface area contributed by atoms with Gasteiger partial charge in [-0.2, -0.15) is 4.31 Å². The Morgan fingerprint density at radius 3 is 2.45 bits per heavy atom. The van der Waals surface area contributed by atoms with E-state index >= 15 is 0 Å². The molecule has 2 bridgehead atoms. The molecule has 1 saturated heterocycles. The van der Waals surface area contributed by atoms with Gasteiger partial charge in [-0.25, -0.2) is 17.6 Å². The number of ketones is 1. The smallest absolute Gasteiger partial charge is 0.338 e. The number of halogens is 1. The molecule has 0 spiro atoms. The van der Waals surface area contributed by atoms with E-state index in [1.165, 1.54) is 36.4 Å². The lowest BCUT2D eigenvalue weighted by atomic mass is 9.65. The number of carbonyl (C=O) groups excluding carboxylic acids is 2. The molecule has 0 N–H and O–H groups in total. The number of hydrogen-bond donors (Lipinski definition) is 0. The maximum atomic E-state index is 13.5. The number of ether oxygens (including phenoxy) is 1. The average Bonchev–Trinajstić information content (AvgIpc) is 3.01. The highest BCUT2D eigenvalue weighted by atomic mass is 32.2. The van der Waals surface area contributed by atoms with Crippen molar-refractivity contribution in [1.29, 1.82) is 0 Å². The Labute approximate surface area is 193 Å². The van der Waals surface area contributed by atoms with Crippen molar-refractivity contribution in [3.63, 3.8) is 0 Å². The van der Waals surface area contributed by atoms with Gasteiger partial charge in [-0.05, 0) is 72.6 Å². The second-order valence-electron chi connectivity index (χ2n) is 10.3. The maximum Gasteiger partial charge on any atom is 0.338 e. The number of rotatable bonds is 6. The van der Waals surface area contributed by atoms with Gasteiger partial charge in [0, 0.05) is 18.2 Å². The molecule has 2 aromatic rings. The van der Waals surface area contributed by atoms with Gasteiger partial charge in [0.15, 0.2) is 12.4 Å². The van der Waals surface area contributed by atoms with Crippen LogP contribution in [0.1, 0.15) is 60.7 Å². The molecule has 1 aliphatic carbocycles. The molecule has 1 aliphatic heterocycles. The molecule has 6 nitrogen and oxygen atoms in total. The average molecular weight is 474 g/mol. The number of sulfonamides is 1. The van der Waals surface area contributed by atoms with Crippen molar-refractivity contribution in [2.45, 2.75) is 51.0 Å². The minimum atomic E-state index is -3.79. The zero-order valence-corrected chi connectivity index (χ0v) is 19.8. The SMILES string of the molecule is CC1(C)C[C@@H]2C[C@](C)(CN2S(=O)(=O)c2cccc(C(=O)OCC(=O)c3ccc(F)cc3)c2)C1. The Hall–Kier alpha value is -2.58. The number of Topliss-reactive ketones (excluding diaryl/α,β-unsaturated/α-hetero) is 1. The van der Waals surface area contributed by atoms with E-state index in [9.17, 15) is 22.4 Å². The molecule has 0 amide bonds. The summed E-state index contributed by atoms with van der Waals surface area (Å²) < 4.78 is 46.6. The second-order valence-corrected chi connectivity index (χ2v) is 12.2. The first-order valence-corrected chi connectivity index (χ1v) is 12.4. The molecule has 0 aromatic heterocycles. The predicted octanol–water partition coefficient (Wildman–Crippen LogP) is 4.45. The van der Waals surface area contributed by atoms with Crippen LogP contribution in [0, 0.1) is 16.6 Å². The van der Waals surface area contributed by atoms with E-state index in [0.717, 1.165) is 31.4 Å². The summed E-state index contributed by atoms with van der Waals surface area (Å²) in [6, 6.07) is 10.6. The van der Waals surface area contributed by atoms with Crippen LogP contribution in [0.2, 0.25) is 0 Å². The van der Waals surface area contributed by atoms with E-state index < -0.39 is 34.2 Å². The van der Waals surface area contributed by atoms with E-state index in [0.29, 0.717) is 6.54 Å². The fourth-order valence-corrected chi connectivity index (χ4v) is 7.36. The highest BCUT2D eigenvalue weighted by Crippen LogP contribution is 2.53. The van der Waals surface area contributed by atoms with Crippen LogP contribution in [-0.2, 0) is 14.8 Å². The third kappa shape index (κ3) is 4.87. The van der Waals surface area contributed by atoms with Crippen molar-refractivity contribution in [1.82, 2.24) is 4.31 Å². The van der Waals surface area contributed by atoms with Gasteiger partial charge in [0.1, 0.15) is 5.82 Å². The van der Waals surface area contributed by atoms with Crippen LogP contribution in [0.5, 0.6) is 0 Å². The van der Waals surface area contributed by atoms with Crippen LogP contribution in [0.4, 0.5) is 4.39 Å². The Kier molecular flexibility index (Phi) is 5.95. The van der Waals surface area contributed by atoms with Crippen molar-refractivity contribution >= 4 is 21.8 Å². The zero-order valence-electron chi connectivity index (χ0n) is 19.0. The van der Waals surface area contributed by atoms with Crippen LogP contribution in [0.15, 0.2) is 53.4 Å². The molecule has 33 heavy (non-hydrogen) atoms. The first-order valence-electron chi connectivity index (χ1n) is 11.0. The quantitative estimate of drug-likeness (QED) is 0.457. The van der Waals surface area contributed by atoms with E-state index in [2.05, 4.69) is 20.8 Å². The van der Waals surface area contributed by atoms with E-state index in [-0.39, 0.29) is 32.9 Å². The van der Waals surface area contributed by atoms with Gasteiger partial charge in [-0.3, -0.25) is 4.79 Å². The van der Waals surface area contributed by atoms with Crippen LogP contribution in [0.25, 0.3) is 0 Å². The van der Waals surface area contributed by atoms with Gasteiger partial charge in [0.2, 0.25) is 10.0 Å². The summed E-state index contributed by atoms with van der Waals surface area (Å²) >= 11 is 0. The number of hydrogen-bond acceptors (Lipinski definition) is 5. The molecule has 1 saturated carbocycles. The Morgan fingerprint density at radius 2 is 1.76 bits per heavy atom. The first kappa shape index (κ1) is 23.6. The number of nitrogens with zero attached hydrogens (tertiary/aromatic N) is 1. The molecule has 8 heteroatoms. The normalized spacial score (nSPS) is 24.4. The number of carbonyl (C=O) groups is 2. The summed E-state index contributed by atoms with van der Waals surface area (Å²) in [5.74, 6) is -1.75. The summed E-state index contributed by atoms with van der Waals surface area (Å²) in [7, 11) is -3.79. The molecule has 0 radical (unpaired) electrons. The first-order chi connectivity index (χ1) is 15.4. The largest absolute Gasteiger partial charge is 0.454 e. The standard InChI is InChI=1S/C25H28FNO5S/c1-24(2)12-20-13-25(3,15-24)16-27(20)33(30,31)21-6-4-5-18(11-21)23(29)32-14-22(28)17-7-9-19(26)10-8-17/h4-11,20H,12-16H2,1-3H3/t20-,25+/m1/s1. The maximum absolute atomic E-state index is 13.5. The van der Waals surface area contributed by atoms with E-state index in [4.69, 9.17) is 4.74 Å². The van der Waals surface area contributed by atoms with Crippen molar-refractivity contribution < 1.29 is 27.1 Å². The lowest BCUT2D eigenvalue weighted by Crippen LogP contribution is -2.37. The summed E-state index contributed by atoms with van der Waals surface area (Å²) in [4.78, 5) is 24.7. The molecule has 1 heterocycles. The summed E-state index contributed by atoms with van der Waals surface area (Å²) in [5.41, 5.74) is 0.287. The Morgan fingerprint density at radius 1 is 1.06 bits per heavy atom. The van der Waals surface area contributed by atoms with E-state index in [1.807, 2.05) is 0 Å². The van der Waals surface area contributed by atoms with E-state index in [1.54, 1.807) is 4.31 Å². The second kappa shape index (κ2) is 8.33. The van der Waals surface area contributed by atoms with Crippen molar-refractivity contribution in [2.24, 2.45) is 10.8 Å². The fraction of sp³-hybridized carbons (Fsp3) is 0.440. The van der Waals surface area contributed by atoms with Crippen LogP contribution in [-0.4, -0.2) is 43.7 Å². The molecular formula is C25H28FNO5S. The van der Waals surface area contributed by atoms with Crippen LogP contribution < -0.4 is 0 Å². The summed E-state index contributed by atoms with van der Waals surface area (Å²) in [6.07, 6.45) is 2.61. The minimum absolute atomic E-state index is 0.0377. The predicted molar refractivity (Wildman–Crippen MR) is 121 cm³/mol. The number of fused-ring (bicyclic) bond motifs is 2.